The average molecular weight is 565 g/mol. The number of oxazole rings is 3. The molecule has 0 spiro atoms. The Hall–Kier alpha value is -5.31. The van der Waals surface area contributed by atoms with E-state index in [1.807, 2.05) is 125 Å². The molecule has 0 amide bonds. The van der Waals surface area contributed by atoms with Crippen molar-refractivity contribution < 1.29 is 13.3 Å². The molecule has 9 aromatic heterocycles. The van der Waals surface area contributed by atoms with Crippen molar-refractivity contribution in [3.8, 4) is 0 Å². The lowest BCUT2D eigenvalue weighted by molar-refractivity contribution is 0.547. The molecule has 0 aliphatic heterocycles. The van der Waals surface area contributed by atoms with Crippen molar-refractivity contribution >= 4 is 50.1 Å². The second kappa shape index (κ2) is 11.7. The van der Waals surface area contributed by atoms with Gasteiger partial charge in [-0.05, 0) is 42.5 Å². The first-order valence-electron chi connectivity index (χ1n) is 12.5. The van der Waals surface area contributed by atoms with Gasteiger partial charge >= 0.3 is 0 Å². The summed E-state index contributed by atoms with van der Waals surface area (Å²) in [6.45, 7) is 5.57. The Morgan fingerprint density at radius 1 is 0.595 bits per heavy atom. The predicted octanol–water partition coefficient (Wildman–Crippen LogP) is 9.08. The van der Waals surface area contributed by atoms with E-state index in [-0.39, 0.29) is 22.3 Å². The molecule has 0 aliphatic rings. The smallest absolute Gasteiger partial charge is 0.232 e. The molecule has 9 aromatic rings. The van der Waals surface area contributed by atoms with Crippen molar-refractivity contribution in [2.75, 3.05) is 0 Å². The Morgan fingerprint density at radius 3 is 2.00 bits per heavy atom. The molecule has 0 saturated carbocycles. The zero-order chi connectivity index (χ0) is 26.5. The van der Waals surface area contributed by atoms with Gasteiger partial charge in [0.1, 0.15) is 11.0 Å². The number of pyridine rings is 3. The van der Waals surface area contributed by atoms with Crippen LogP contribution in [0.1, 0.15) is 40.0 Å². The molecule has 42 heavy (non-hydrogen) atoms. The quantitative estimate of drug-likeness (QED) is 0.182. The highest BCUT2D eigenvalue weighted by atomic mass is 16.4. The molecular weight excluding hydrogens is 528 g/mol. The molecule has 9 rings (SSSR count). The summed E-state index contributed by atoms with van der Waals surface area (Å²) < 4.78 is 22.3. The van der Waals surface area contributed by atoms with E-state index >= 15 is 0 Å². The first-order chi connectivity index (χ1) is 19.0. The summed E-state index contributed by atoms with van der Waals surface area (Å²) in [5.41, 5.74) is 8.61. The van der Waals surface area contributed by atoms with E-state index in [0.717, 1.165) is 56.0 Å². The van der Waals surface area contributed by atoms with Crippen LogP contribution in [0.2, 0.25) is 0 Å². The molecule has 216 valence electrons. The van der Waals surface area contributed by atoms with E-state index in [1.165, 1.54) is 0 Å². The van der Waals surface area contributed by atoms with Gasteiger partial charge in [-0.3, -0.25) is 8.80 Å². The van der Waals surface area contributed by atoms with Crippen molar-refractivity contribution in [2.45, 2.75) is 43.1 Å². The maximum Gasteiger partial charge on any atom is 0.232 e. The maximum atomic E-state index is 5.47. The summed E-state index contributed by atoms with van der Waals surface area (Å²) in [6, 6.07) is 22.1. The van der Waals surface area contributed by atoms with Gasteiger partial charge in [0.25, 0.3) is 0 Å². The van der Waals surface area contributed by atoms with Crippen LogP contribution in [0.4, 0.5) is 0 Å². The first kappa shape index (κ1) is 29.7. The summed E-state index contributed by atoms with van der Waals surface area (Å²) in [5, 5.41) is 0. The molecule has 9 nitrogen and oxygen atoms in total. The third-order valence-electron chi connectivity index (χ3n) is 6.43. The SMILES string of the molecule is C.C.C.Cc1nc2c(cc3ccccn32)o1.Cc1nc2c(cn3ccccc23)o1.Cc1nc2cc3ccccn3c2o1. The third kappa shape index (κ3) is 5.12. The van der Waals surface area contributed by atoms with Gasteiger partial charge in [0.05, 0.1) is 22.7 Å². The number of fused-ring (bicyclic) bond motifs is 9. The summed E-state index contributed by atoms with van der Waals surface area (Å²) >= 11 is 0. The molecule has 0 aliphatic carbocycles. The third-order valence-corrected chi connectivity index (χ3v) is 6.43. The van der Waals surface area contributed by atoms with Gasteiger partial charge in [0, 0.05) is 45.4 Å². The average Bonchev–Trinajstić information content (AvgIpc) is 3.74. The van der Waals surface area contributed by atoms with E-state index in [1.54, 1.807) is 0 Å². The van der Waals surface area contributed by atoms with Crippen molar-refractivity contribution in [2.24, 2.45) is 0 Å². The Kier molecular flexibility index (Phi) is 8.24. The van der Waals surface area contributed by atoms with Gasteiger partial charge in [-0.25, -0.2) is 9.97 Å². The Bertz CT molecular complexity index is 1980. The molecule has 0 bridgehead atoms. The van der Waals surface area contributed by atoms with Gasteiger partial charge in [-0.1, -0.05) is 40.5 Å². The van der Waals surface area contributed by atoms with E-state index < -0.39 is 0 Å². The number of hydrogen-bond acceptors (Lipinski definition) is 6. The van der Waals surface area contributed by atoms with Crippen LogP contribution < -0.4 is 0 Å². The van der Waals surface area contributed by atoms with Crippen LogP contribution in [0.25, 0.3) is 50.1 Å². The predicted molar refractivity (Wildman–Crippen MR) is 169 cm³/mol. The van der Waals surface area contributed by atoms with Crippen LogP contribution in [0.5, 0.6) is 0 Å². The molecule has 0 aromatic carbocycles. The summed E-state index contributed by atoms with van der Waals surface area (Å²) in [5.74, 6) is 2.14. The molecule has 0 unspecified atom stereocenters. The Labute approximate surface area is 243 Å². The van der Waals surface area contributed by atoms with E-state index in [0.29, 0.717) is 11.8 Å². The number of hydrogen-bond donors (Lipinski definition) is 0. The second-order valence-corrected chi connectivity index (χ2v) is 9.19. The number of aromatic nitrogens is 6. The van der Waals surface area contributed by atoms with E-state index in [4.69, 9.17) is 13.3 Å². The number of rotatable bonds is 0. The second-order valence-electron chi connectivity index (χ2n) is 9.19. The molecule has 9 heteroatoms. The van der Waals surface area contributed by atoms with Crippen LogP contribution in [0.15, 0.2) is 105 Å². The van der Waals surface area contributed by atoms with Gasteiger partial charge in [0.2, 0.25) is 5.71 Å². The minimum absolute atomic E-state index is 0. The standard InChI is InChI=1S/3C10H8N2O.3CH4/c1-7-11-10-8-4-2-3-5-12(8)6-9(10)13-7;1-7-11-10-9(13-7)6-8-4-2-3-5-12(8)10;1-7-11-9-6-8-4-2-3-5-12(8)10(9)13-7;;;/h3*2-6H,1H3;3*1H4. The van der Waals surface area contributed by atoms with Gasteiger partial charge < -0.3 is 17.7 Å². The fraction of sp³-hybridized carbons (Fsp3) is 0.182. The van der Waals surface area contributed by atoms with Crippen molar-refractivity contribution in [1.82, 2.24) is 28.2 Å². The van der Waals surface area contributed by atoms with Crippen LogP contribution in [0, 0.1) is 20.8 Å². The summed E-state index contributed by atoms with van der Waals surface area (Å²) in [4.78, 5) is 12.9. The van der Waals surface area contributed by atoms with Gasteiger partial charge in [-0.2, -0.15) is 4.98 Å². The number of nitrogens with zero attached hydrogens (tertiary/aromatic N) is 6. The summed E-state index contributed by atoms with van der Waals surface area (Å²) in [7, 11) is 0. The largest absolute Gasteiger partial charge is 0.439 e. The monoisotopic (exact) mass is 564 g/mol. The molecule has 0 atom stereocenters. The van der Waals surface area contributed by atoms with Crippen LogP contribution >= 0.6 is 0 Å². The van der Waals surface area contributed by atoms with Crippen LogP contribution in [-0.4, -0.2) is 28.2 Å². The Morgan fingerprint density at radius 2 is 1.21 bits per heavy atom. The molecule has 0 saturated heterocycles. The minimum Gasteiger partial charge on any atom is -0.439 e. The molecule has 0 radical (unpaired) electrons. The lowest BCUT2D eigenvalue weighted by Crippen LogP contribution is -1.82. The zero-order valence-electron chi connectivity index (χ0n) is 21.6. The van der Waals surface area contributed by atoms with Crippen molar-refractivity contribution in [1.29, 1.82) is 0 Å². The molecular formula is C33H36N6O3. The Balaban J connectivity index is 0.000000140. The van der Waals surface area contributed by atoms with Crippen LogP contribution in [-0.2, 0) is 0 Å². The maximum absolute atomic E-state index is 5.47. The van der Waals surface area contributed by atoms with Crippen molar-refractivity contribution in [3.05, 3.63) is 109 Å². The van der Waals surface area contributed by atoms with Crippen LogP contribution in [0.3, 0.4) is 0 Å². The summed E-state index contributed by atoms with van der Waals surface area (Å²) in [6.07, 6.45) is 7.90. The van der Waals surface area contributed by atoms with E-state index in [2.05, 4.69) is 15.0 Å². The highest BCUT2D eigenvalue weighted by Gasteiger charge is 2.09. The lowest BCUT2D eigenvalue weighted by Gasteiger charge is -1.91. The van der Waals surface area contributed by atoms with Gasteiger partial charge in [-0.15, -0.1) is 0 Å². The fourth-order valence-electron chi connectivity index (χ4n) is 4.81. The topological polar surface area (TPSA) is 91.3 Å². The normalized spacial score (nSPS) is 10.6. The highest BCUT2D eigenvalue weighted by Crippen LogP contribution is 2.22. The highest BCUT2D eigenvalue weighted by molar-refractivity contribution is 5.90. The lowest BCUT2D eigenvalue weighted by atomic mass is 10.4. The molecule has 0 fully saturated rings. The van der Waals surface area contributed by atoms with Gasteiger partial charge in [0.15, 0.2) is 34.5 Å². The number of aryl methyl sites for hydroxylation is 3. The fourth-order valence-corrected chi connectivity index (χ4v) is 4.81. The molecule has 9 heterocycles. The zero-order valence-corrected chi connectivity index (χ0v) is 21.6. The molecule has 0 N–H and O–H groups in total. The minimum atomic E-state index is 0. The van der Waals surface area contributed by atoms with E-state index in [9.17, 15) is 0 Å². The first-order valence-corrected chi connectivity index (χ1v) is 12.5. The van der Waals surface area contributed by atoms with Crippen molar-refractivity contribution in [3.63, 3.8) is 0 Å².